The second-order valence-corrected chi connectivity index (χ2v) is 7.47. The van der Waals surface area contributed by atoms with E-state index in [9.17, 15) is 24.6 Å². The van der Waals surface area contributed by atoms with Gasteiger partial charge in [-0.2, -0.15) is 0 Å². The van der Waals surface area contributed by atoms with Crippen LogP contribution in [0, 0.1) is 0 Å². The molecule has 156 valence electrons. The highest BCUT2D eigenvalue weighted by Crippen LogP contribution is 2.09. The molecule has 1 rings (SSSR count). The predicted molar refractivity (Wildman–Crippen MR) is 99.0 cm³/mol. The Hall–Kier alpha value is -2.07. The van der Waals surface area contributed by atoms with E-state index in [2.05, 4.69) is 5.32 Å². The van der Waals surface area contributed by atoms with Crippen molar-refractivity contribution < 1.29 is 29.3 Å². The molecule has 0 radical (unpaired) electrons. The normalized spacial score (nSPS) is 18.3. The minimum Gasteiger partial charge on any atom is -0.465 e. The summed E-state index contributed by atoms with van der Waals surface area (Å²) in [5.41, 5.74) is -0.563. The zero-order valence-corrected chi connectivity index (χ0v) is 16.4. The van der Waals surface area contributed by atoms with Gasteiger partial charge < -0.3 is 30.1 Å². The van der Waals surface area contributed by atoms with Gasteiger partial charge >= 0.3 is 18.2 Å². The van der Waals surface area contributed by atoms with Crippen molar-refractivity contribution in [3.05, 3.63) is 0 Å². The van der Waals surface area contributed by atoms with Gasteiger partial charge in [-0.05, 0) is 20.8 Å². The lowest BCUT2D eigenvalue weighted by atomic mass is 10.2. The topological polar surface area (TPSA) is 123 Å². The summed E-state index contributed by atoms with van der Waals surface area (Å²) in [6.45, 7) is 8.75. The minimum absolute atomic E-state index is 0.166. The van der Waals surface area contributed by atoms with Crippen LogP contribution in [0.3, 0.4) is 0 Å². The van der Waals surface area contributed by atoms with Gasteiger partial charge in [-0.25, -0.2) is 9.59 Å². The van der Waals surface area contributed by atoms with E-state index < -0.39 is 17.8 Å². The number of hydrogen-bond acceptors (Lipinski definition) is 6. The molecule has 0 aromatic carbocycles. The van der Waals surface area contributed by atoms with Crippen molar-refractivity contribution >= 4 is 18.2 Å². The highest BCUT2D eigenvalue weighted by atomic mass is 16.6. The van der Waals surface area contributed by atoms with E-state index in [0.717, 1.165) is 0 Å². The third-order valence-electron chi connectivity index (χ3n) is 4.08. The lowest BCUT2D eigenvalue weighted by Crippen LogP contribution is -2.47. The van der Waals surface area contributed by atoms with Crippen LogP contribution in [-0.2, 0) is 9.53 Å². The van der Waals surface area contributed by atoms with Crippen molar-refractivity contribution in [2.75, 3.05) is 58.9 Å². The summed E-state index contributed by atoms with van der Waals surface area (Å²) in [6, 6.07) is 0. The maximum absolute atomic E-state index is 12.0. The van der Waals surface area contributed by atoms with Crippen molar-refractivity contribution in [2.45, 2.75) is 32.8 Å². The molecule has 1 aliphatic rings. The smallest absolute Gasteiger partial charge is 0.407 e. The summed E-state index contributed by atoms with van der Waals surface area (Å²) in [4.78, 5) is 39.2. The van der Waals surface area contributed by atoms with Crippen LogP contribution in [-0.4, -0.2) is 108 Å². The number of rotatable bonds is 3. The molecule has 1 aliphatic heterocycles. The van der Waals surface area contributed by atoms with Gasteiger partial charge in [0.1, 0.15) is 5.60 Å². The Labute approximate surface area is 160 Å². The van der Waals surface area contributed by atoms with Crippen LogP contribution in [0.4, 0.5) is 9.59 Å². The quantitative estimate of drug-likeness (QED) is 0.600. The van der Waals surface area contributed by atoms with Crippen LogP contribution in [0.15, 0.2) is 0 Å². The van der Waals surface area contributed by atoms with Crippen molar-refractivity contribution in [2.24, 2.45) is 0 Å². The molecule has 10 heteroatoms. The Balaban J connectivity index is 2.70. The van der Waals surface area contributed by atoms with E-state index in [0.29, 0.717) is 58.9 Å². The first kappa shape index (κ1) is 23.0. The van der Waals surface area contributed by atoms with Gasteiger partial charge in [0.05, 0.1) is 6.42 Å². The van der Waals surface area contributed by atoms with Crippen molar-refractivity contribution in [3.63, 3.8) is 0 Å². The van der Waals surface area contributed by atoms with Crippen LogP contribution in [0.25, 0.3) is 0 Å². The Bertz CT molecular complexity index is 480. The van der Waals surface area contributed by atoms with Crippen LogP contribution in [0.1, 0.15) is 27.2 Å². The van der Waals surface area contributed by atoms with Crippen molar-refractivity contribution in [3.8, 4) is 0 Å². The Morgan fingerprint density at radius 3 is 1.78 bits per heavy atom. The molecule has 2 amide bonds. The summed E-state index contributed by atoms with van der Waals surface area (Å²) < 4.78 is 5.30. The standard InChI is InChI=1S/C17H32N4O6/c1-17(2,3)27-14(22)4-7-19-10-12-20(15(23)24)8-5-18-6-9-21(13-11-19)16(25)26/h18H,4-13H2,1-3H3,(H,23,24)(H,25,26). The molecule has 1 fully saturated rings. The second-order valence-electron chi connectivity index (χ2n) is 7.47. The molecule has 1 heterocycles. The maximum atomic E-state index is 12.0. The van der Waals surface area contributed by atoms with E-state index in [-0.39, 0.29) is 12.4 Å². The Kier molecular flexibility index (Phi) is 9.30. The fourth-order valence-corrected chi connectivity index (χ4v) is 2.66. The number of esters is 1. The van der Waals surface area contributed by atoms with Crippen LogP contribution < -0.4 is 5.32 Å². The predicted octanol–water partition coefficient (Wildman–Crippen LogP) is 0.583. The van der Waals surface area contributed by atoms with E-state index in [1.807, 2.05) is 4.90 Å². The summed E-state index contributed by atoms with van der Waals surface area (Å²) >= 11 is 0. The minimum atomic E-state index is -0.992. The van der Waals surface area contributed by atoms with E-state index in [1.54, 1.807) is 20.8 Å². The van der Waals surface area contributed by atoms with Gasteiger partial charge in [0, 0.05) is 58.9 Å². The second kappa shape index (κ2) is 10.9. The molecule has 0 aromatic rings. The Morgan fingerprint density at radius 2 is 1.37 bits per heavy atom. The number of ether oxygens (including phenoxy) is 1. The van der Waals surface area contributed by atoms with Crippen LogP contribution >= 0.6 is 0 Å². The lowest BCUT2D eigenvalue weighted by molar-refractivity contribution is -0.155. The number of hydrogen-bond donors (Lipinski definition) is 3. The number of nitrogens with zero attached hydrogens (tertiary/aromatic N) is 3. The first-order chi connectivity index (χ1) is 12.6. The lowest BCUT2D eigenvalue weighted by Gasteiger charge is -2.30. The third-order valence-corrected chi connectivity index (χ3v) is 4.08. The molecule has 0 aliphatic carbocycles. The molecule has 0 atom stereocenters. The molecule has 10 nitrogen and oxygen atoms in total. The first-order valence-electron chi connectivity index (χ1n) is 9.19. The number of carbonyl (C=O) groups is 3. The molecule has 27 heavy (non-hydrogen) atoms. The molecule has 0 spiro atoms. The molecule has 0 unspecified atom stereocenters. The summed E-state index contributed by atoms with van der Waals surface area (Å²) in [7, 11) is 0. The van der Waals surface area contributed by atoms with Gasteiger partial charge in [-0.1, -0.05) is 0 Å². The van der Waals surface area contributed by atoms with Gasteiger partial charge in [0.25, 0.3) is 0 Å². The average Bonchev–Trinajstić information content (AvgIpc) is 2.52. The molecular formula is C17H32N4O6. The van der Waals surface area contributed by atoms with Gasteiger partial charge in [0.2, 0.25) is 0 Å². The highest BCUT2D eigenvalue weighted by molar-refractivity contribution is 5.70. The number of carboxylic acid groups (broad SMARTS) is 2. The van der Waals surface area contributed by atoms with Gasteiger partial charge in [0.15, 0.2) is 0 Å². The van der Waals surface area contributed by atoms with Crippen molar-refractivity contribution in [1.29, 1.82) is 0 Å². The molecule has 0 saturated carbocycles. The van der Waals surface area contributed by atoms with Crippen LogP contribution in [0.5, 0.6) is 0 Å². The first-order valence-corrected chi connectivity index (χ1v) is 9.19. The maximum Gasteiger partial charge on any atom is 0.407 e. The zero-order chi connectivity index (χ0) is 20.4. The summed E-state index contributed by atoms with van der Waals surface area (Å²) in [5, 5.41) is 21.7. The zero-order valence-electron chi connectivity index (χ0n) is 16.4. The van der Waals surface area contributed by atoms with Gasteiger partial charge in [-0.3, -0.25) is 9.69 Å². The SMILES string of the molecule is CC(C)(C)OC(=O)CCN1CCN(C(=O)O)CCNCCN(C(=O)O)CC1. The average molecular weight is 388 g/mol. The molecular weight excluding hydrogens is 356 g/mol. The summed E-state index contributed by atoms with van der Waals surface area (Å²) in [6.07, 6.45) is -1.82. The number of amides is 2. The fraction of sp³-hybridized carbons (Fsp3) is 0.824. The molecule has 3 N–H and O–H groups in total. The monoisotopic (exact) mass is 388 g/mol. The third kappa shape index (κ3) is 10.00. The number of carbonyl (C=O) groups excluding carboxylic acids is 1. The van der Waals surface area contributed by atoms with Crippen molar-refractivity contribution in [1.82, 2.24) is 20.0 Å². The molecule has 1 saturated heterocycles. The Morgan fingerprint density at radius 1 is 0.889 bits per heavy atom. The number of nitrogens with one attached hydrogen (secondary N) is 1. The van der Waals surface area contributed by atoms with E-state index in [1.165, 1.54) is 9.80 Å². The van der Waals surface area contributed by atoms with E-state index >= 15 is 0 Å². The fourth-order valence-electron chi connectivity index (χ4n) is 2.66. The van der Waals surface area contributed by atoms with Gasteiger partial charge in [-0.15, -0.1) is 0 Å². The molecule has 0 aromatic heterocycles. The van der Waals surface area contributed by atoms with E-state index in [4.69, 9.17) is 4.74 Å². The summed E-state index contributed by atoms with van der Waals surface area (Å²) in [5.74, 6) is -0.331. The largest absolute Gasteiger partial charge is 0.465 e. The highest BCUT2D eigenvalue weighted by Gasteiger charge is 2.20. The molecule has 0 bridgehead atoms. The van der Waals surface area contributed by atoms with Crippen LogP contribution in [0.2, 0.25) is 0 Å².